The third-order valence-electron chi connectivity index (χ3n) is 5.52. The monoisotopic (exact) mass is 491 g/mol. The standard InChI is InChI=1S/C18H26N2O4.C8H15NO2/c1-18(2,3)24-16(21)19-15-10-7-11-20(12-15)17(22)23-13-14-8-5-4-6-9-14;1-2-11-8(10)7-4-3-5-9-6-7/h4-6,8-9,15H,7,10-13H2,1-3H3,(H,19,21);7,9H,2-6H2,1H3. The molecule has 3 rings (SSSR count). The molecule has 2 unspecified atom stereocenters. The highest BCUT2D eigenvalue weighted by atomic mass is 16.6. The number of hydrogen-bond acceptors (Lipinski definition) is 7. The van der Waals surface area contributed by atoms with Crippen LogP contribution in [0.5, 0.6) is 0 Å². The van der Waals surface area contributed by atoms with Gasteiger partial charge in [-0.05, 0) is 65.5 Å². The lowest BCUT2D eigenvalue weighted by atomic mass is 10.0. The minimum absolute atomic E-state index is 0.0419. The second-order valence-electron chi connectivity index (χ2n) is 9.77. The Kier molecular flexibility index (Phi) is 11.8. The normalized spacial score (nSPS) is 20.1. The van der Waals surface area contributed by atoms with Gasteiger partial charge in [-0.15, -0.1) is 0 Å². The van der Waals surface area contributed by atoms with Crippen molar-refractivity contribution < 1.29 is 28.6 Å². The van der Waals surface area contributed by atoms with Crippen molar-refractivity contribution in [2.75, 3.05) is 32.8 Å². The van der Waals surface area contributed by atoms with Gasteiger partial charge in [-0.3, -0.25) is 4.79 Å². The van der Waals surface area contributed by atoms with Crippen LogP contribution in [0.4, 0.5) is 9.59 Å². The van der Waals surface area contributed by atoms with Crippen molar-refractivity contribution in [3.05, 3.63) is 35.9 Å². The first-order chi connectivity index (χ1) is 16.7. The summed E-state index contributed by atoms with van der Waals surface area (Å²) in [7, 11) is 0. The number of rotatable bonds is 5. The fourth-order valence-corrected chi connectivity index (χ4v) is 3.86. The summed E-state index contributed by atoms with van der Waals surface area (Å²) in [5.41, 5.74) is 0.416. The number of carbonyl (C=O) groups excluding carboxylic acids is 3. The summed E-state index contributed by atoms with van der Waals surface area (Å²) in [5, 5.41) is 6.00. The molecule has 0 saturated carbocycles. The van der Waals surface area contributed by atoms with Gasteiger partial charge in [0, 0.05) is 25.7 Å². The molecular formula is C26H41N3O6. The molecular weight excluding hydrogens is 450 g/mol. The smallest absolute Gasteiger partial charge is 0.410 e. The highest BCUT2D eigenvalue weighted by molar-refractivity contribution is 5.72. The Morgan fingerprint density at radius 3 is 2.46 bits per heavy atom. The van der Waals surface area contributed by atoms with E-state index >= 15 is 0 Å². The molecule has 2 aliphatic rings. The number of benzene rings is 1. The van der Waals surface area contributed by atoms with E-state index in [-0.39, 0.29) is 30.6 Å². The maximum Gasteiger partial charge on any atom is 0.410 e. The molecule has 35 heavy (non-hydrogen) atoms. The van der Waals surface area contributed by atoms with Gasteiger partial charge in [-0.2, -0.15) is 0 Å². The van der Waals surface area contributed by atoms with E-state index in [1.54, 1.807) is 4.90 Å². The van der Waals surface area contributed by atoms with Crippen molar-refractivity contribution >= 4 is 18.2 Å². The molecule has 1 aromatic carbocycles. The van der Waals surface area contributed by atoms with Crippen molar-refractivity contribution in [2.45, 2.75) is 71.6 Å². The van der Waals surface area contributed by atoms with Crippen LogP contribution in [-0.2, 0) is 25.6 Å². The van der Waals surface area contributed by atoms with Crippen LogP contribution < -0.4 is 10.6 Å². The third-order valence-corrected chi connectivity index (χ3v) is 5.52. The van der Waals surface area contributed by atoms with Gasteiger partial charge in [0.15, 0.2) is 0 Å². The van der Waals surface area contributed by atoms with Gasteiger partial charge in [0.05, 0.1) is 12.5 Å². The van der Waals surface area contributed by atoms with E-state index in [0.29, 0.717) is 19.7 Å². The second-order valence-corrected chi connectivity index (χ2v) is 9.77. The Hall–Kier alpha value is -2.81. The molecule has 2 aliphatic heterocycles. The number of hydrogen-bond donors (Lipinski definition) is 2. The molecule has 0 aliphatic carbocycles. The van der Waals surface area contributed by atoms with Gasteiger partial charge in [0.2, 0.25) is 0 Å². The quantitative estimate of drug-likeness (QED) is 0.476. The van der Waals surface area contributed by atoms with E-state index in [9.17, 15) is 14.4 Å². The molecule has 2 N–H and O–H groups in total. The van der Waals surface area contributed by atoms with Crippen LogP contribution in [0.1, 0.15) is 58.9 Å². The lowest BCUT2D eigenvalue weighted by molar-refractivity contribution is -0.148. The zero-order chi connectivity index (χ0) is 25.7. The molecule has 2 heterocycles. The Balaban J connectivity index is 0.000000328. The van der Waals surface area contributed by atoms with Crippen LogP contribution in [-0.4, -0.2) is 67.5 Å². The van der Waals surface area contributed by atoms with Crippen molar-refractivity contribution in [3.8, 4) is 0 Å². The third kappa shape index (κ3) is 11.4. The van der Waals surface area contributed by atoms with E-state index in [4.69, 9.17) is 14.2 Å². The van der Waals surface area contributed by atoms with Crippen LogP contribution >= 0.6 is 0 Å². The number of esters is 1. The SMILES string of the molecule is CC(C)(C)OC(=O)NC1CCCN(C(=O)OCc2ccccc2)C1.CCOC(=O)C1CCCNC1. The molecule has 9 nitrogen and oxygen atoms in total. The first-order valence-electron chi connectivity index (χ1n) is 12.5. The number of ether oxygens (including phenoxy) is 3. The minimum atomic E-state index is -0.535. The van der Waals surface area contributed by atoms with Crippen LogP contribution in [0.15, 0.2) is 30.3 Å². The predicted octanol–water partition coefficient (Wildman–Crippen LogP) is 3.86. The van der Waals surface area contributed by atoms with Crippen LogP contribution in [0.2, 0.25) is 0 Å². The molecule has 2 atom stereocenters. The van der Waals surface area contributed by atoms with Crippen molar-refractivity contribution in [1.82, 2.24) is 15.5 Å². The zero-order valence-corrected chi connectivity index (χ0v) is 21.5. The predicted molar refractivity (Wildman–Crippen MR) is 133 cm³/mol. The first-order valence-corrected chi connectivity index (χ1v) is 12.5. The summed E-state index contributed by atoms with van der Waals surface area (Å²) >= 11 is 0. The summed E-state index contributed by atoms with van der Waals surface area (Å²) in [5.74, 6) is 0.0587. The highest BCUT2D eigenvalue weighted by Crippen LogP contribution is 2.14. The molecule has 1 aromatic rings. The van der Waals surface area contributed by atoms with E-state index in [2.05, 4.69) is 10.6 Å². The maximum absolute atomic E-state index is 12.2. The lowest BCUT2D eigenvalue weighted by Gasteiger charge is -2.33. The van der Waals surface area contributed by atoms with Gasteiger partial charge < -0.3 is 29.7 Å². The van der Waals surface area contributed by atoms with Crippen LogP contribution in [0.25, 0.3) is 0 Å². The maximum atomic E-state index is 12.2. The fraction of sp³-hybridized carbons (Fsp3) is 0.654. The molecule has 196 valence electrons. The summed E-state index contributed by atoms with van der Waals surface area (Å²) < 4.78 is 15.5. The molecule has 2 saturated heterocycles. The number of alkyl carbamates (subject to hydrolysis) is 1. The number of nitrogens with one attached hydrogen (secondary N) is 2. The summed E-state index contributed by atoms with van der Waals surface area (Å²) in [4.78, 5) is 36.8. The summed E-state index contributed by atoms with van der Waals surface area (Å²) in [6, 6.07) is 9.45. The molecule has 0 aromatic heterocycles. The van der Waals surface area contributed by atoms with Crippen molar-refractivity contribution in [3.63, 3.8) is 0 Å². The van der Waals surface area contributed by atoms with Gasteiger partial charge >= 0.3 is 18.2 Å². The second kappa shape index (κ2) is 14.6. The Morgan fingerprint density at radius 1 is 1.09 bits per heavy atom. The Labute approximate surface area is 208 Å². The van der Waals surface area contributed by atoms with Gasteiger partial charge in [0.25, 0.3) is 0 Å². The highest BCUT2D eigenvalue weighted by Gasteiger charge is 2.27. The number of piperidine rings is 2. The largest absolute Gasteiger partial charge is 0.466 e. The zero-order valence-electron chi connectivity index (χ0n) is 21.5. The number of likely N-dealkylation sites (tertiary alicyclic amines) is 1. The minimum Gasteiger partial charge on any atom is -0.466 e. The lowest BCUT2D eigenvalue weighted by Crippen LogP contribution is -2.50. The van der Waals surface area contributed by atoms with E-state index in [0.717, 1.165) is 44.3 Å². The van der Waals surface area contributed by atoms with Gasteiger partial charge in [-0.25, -0.2) is 9.59 Å². The molecule has 2 amide bonds. The Morgan fingerprint density at radius 2 is 1.83 bits per heavy atom. The van der Waals surface area contributed by atoms with Crippen molar-refractivity contribution in [1.29, 1.82) is 0 Å². The average Bonchev–Trinajstić information content (AvgIpc) is 2.83. The topological polar surface area (TPSA) is 106 Å². The summed E-state index contributed by atoms with van der Waals surface area (Å²) in [6.07, 6.45) is 2.90. The van der Waals surface area contributed by atoms with E-state index < -0.39 is 11.7 Å². The van der Waals surface area contributed by atoms with Gasteiger partial charge in [-0.1, -0.05) is 30.3 Å². The summed E-state index contributed by atoms with van der Waals surface area (Å²) in [6.45, 7) is 11.0. The van der Waals surface area contributed by atoms with Gasteiger partial charge in [0.1, 0.15) is 12.2 Å². The fourth-order valence-electron chi connectivity index (χ4n) is 3.86. The molecule has 0 spiro atoms. The number of carbonyl (C=O) groups is 3. The van der Waals surface area contributed by atoms with Crippen LogP contribution in [0, 0.1) is 5.92 Å². The molecule has 2 fully saturated rings. The molecule has 9 heteroatoms. The van der Waals surface area contributed by atoms with Crippen molar-refractivity contribution in [2.24, 2.45) is 5.92 Å². The van der Waals surface area contributed by atoms with E-state index in [1.165, 1.54) is 0 Å². The first kappa shape index (κ1) is 28.4. The molecule has 0 radical (unpaired) electrons. The number of amides is 2. The number of nitrogens with zero attached hydrogens (tertiary/aromatic N) is 1. The average molecular weight is 492 g/mol. The Bertz CT molecular complexity index is 790. The van der Waals surface area contributed by atoms with Crippen LogP contribution in [0.3, 0.4) is 0 Å². The van der Waals surface area contributed by atoms with E-state index in [1.807, 2.05) is 58.0 Å². The molecule has 0 bridgehead atoms.